The fourth-order valence-electron chi connectivity index (χ4n) is 1.37. The molecule has 1 aromatic heterocycles. The number of hydrogen-bond donors (Lipinski definition) is 1. The molecule has 0 saturated carbocycles. The largest absolute Gasteiger partial charge is 0.380 e. The highest BCUT2D eigenvalue weighted by molar-refractivity contribution is 5.39. The number of nitrogens with one attached hydrogen (secondary N) is 1. The molecule has 0 radical (unpaired) electrons. The Kier molecular flexibility index (Phi) is 3.98. The quantitative estimate of drug-likeness (QED) is 0.783. The van der Waals surface area contributed by atoms with Crippen LogP contribution in [0.3, 0.4) is 0 Å². The lowest BCUT2D eigenvalue weighted by Crippen LogP contribution is -2.22. The molecule has 0 unspecified atom stereocenters. The van der Waals surface area contributed by atoms with Crippen LogP contribution in [0.5, 0.6) is 0 Å². The molecule has 3 heteroatoms. The lowest BCUT2D eigenvalue weighted by molar-refractivity contribution is 0.494. The third-order valence-electron chi connectivity index (χ3n) is 2.85. The Morgan fingerprint density at radius 3 is 2.64 bits per heavy atom. The fourth-order valence-corrected chi connectivity index (χ4v) is 1.37. The average Bonchev–Trinajstić information content (AvgIpc) is 2.64. The molecular formula is C11H21N3. The van der Waals surface area contributed by atoms with E-state index in [9.17, 15) is 0 Å². The maximum Gasteiger partial charge on any atom is 0.0728 e. The number of rotatable bonds is 5. The van der Waals surface area contributed by atoms with Gasteiger partial charge in [0.2, 0.25) is 0 Å². The highest BCUT2D eigenvalue weighted by Crippen LogP contribution is 2.13. The van der Waals surface area contributed by atoms with Gasteiger partial charge in [-0.3, -0.25) is 4.68 Å². The first-order chi connectivity index (χ1) is 6.67. The van der Waals surface area contributed by atoms with Gasteiger partial charge in [-0.1, -0.05) is 20.3 Å². The lowest BCUT2D eigenvalue weighted by Gasteiger charge is -2.19. The van der Waals surface area contributed by atoms with Crippen molar-refractivity contribution in [2.45, 2.75) is 46.7 Å². The van der Waals surface area contributed by atoms with Crippen molar-refractivity contribution in [2.24, 2.45) is 5.92 Å². The predicted molar refractivity (Wildman–Crippen MR) is 60.4 cm³/mol. The minimum Gasteiger partial charge on any atom is -0.380 e. The molecule has 0 spiro atoms. The van der Waals surface area contributed by atoms with Crippen LogP contribution in [-0.4, -0.2) is 15.8 Å². The van der Waals surface area contributed by atoms with Gasteiger partial charge in [-0.15, -0.1) is 0 Å². The van der Waals surface area contributed by atoms with E-state index in [-0.39, 0.29) is 0 Å². The summed E-state index contributed by atoms with van der Waals surface area (Å²) in [6.45, 7) is 9.73. The van der Waals surface area contributed by atoms with Crippen molar-refractivity contribution in [3.63, 3.8) is 0 Å². The number of aryl methyl sites for hydroxylation is 1. The molecule has 0 bridgehead atoms. The molecule has 14 heavy (non-hydrogen) atoms. The highest BCUT2D eigenvalue weighted by Gasteiger charge is 2.10. The maximum absolute atomic E-state index is 4.23. The second-order valence-corrected chi connectivity index (χ2v) is 3.90. The number of aromatic nitrogens is 2. The van der Waals surface area contributed by atoms with Crippen LogP contribution in [0.2, 0.25) is 0 Å². The topological polar surface area (TPSA) is 29.9 Å². The molecule has 0 amide bonds. The summed E-state index contributed by atoms with van der Waals surface area (Å²) in [5.41, 5.74) is 1.12. The van der Waals surface area contributed by atoms with E-state index in [1.807, 2.05) is 10.9 Å². The van der Waals surface area contributed by atoms with Crippen molar-refractivity contribution in [1.82, 2.24) is 9.78 Å². The molecule has 0 saturated heterocycles. The van der Waals surface area contributed by atoms with Crippen molar-refractivity contribution in [3.8, 4) is 0 Å². The molecule has 0 fully saturated rings. The van der Waals surface area contributed by atoms with Crippen LogP contribution >= 0.6 is 0 Å². The summed E-state index contributed by atoms with van der Waals surface area (Å²) in [4.78, 5) is 0. The summed E-state index contributed by atoms with van der Waals surface area (Å²) in [7, 11) is 0. The molecule has 1 aromatic rings. The predicted octanol–water partition coefficient (Wildman–Crippen LogP) is 2.75. The van der Waals surface area contributed by atoms with Gasteiger partial charge in [-0.25, -0.2) is 0 Å². The zero-order valence-electron chi connectivity index (χ0n) is 9.62. The van der Waals surface area contributed by atoms with E-state index in [1.165, 1.54) is 6.42 Å². The van der Waals surface area contributed by atoms with E-state index < -0.39 is 0 Å². The summed E-state index contributed by atoms with van der Waals surface area (Å²) in [5, 5.41) is 7.69. The highest BCUT2D eigenvalue weighted by atomic mass is 15.3. The summed E-state index contributed by atoms with van der Waals surface area (Å²) >= 11 is 0. The van der Waals surface area contributed by atoms with E-state index in [0.717, 1.165) is 12.2 Å². The van der Waals surface area contributed by atoms with Crippen LogP contribution in [0.15, 0.2) is 12.4 Å². The minimum atomic E-state index is 0.509. The van der Waals surface area contributed by atoms with Crippen molar-refractivity contribution >= 4 is 5.69 Å². The molecule has 1 N–H and O–H groups in total. The summed E-state index contributed by atoms with van der Waals surface area (Å²) in [6.07, 6.45) is 5.15. The van der Waals surface area contributed by atoms with Crippen LogP contribution < -0.4 is 5.32 Å². The second kappa shape index (κ2) is 5.03. The maximum atomic E-state index is 4.23. The molecule has 0 aliphatic rings. The number of nitrogens with zero attached hydrogens (tertiary/aromatic N) is 2. The molecule has 1 rings (SSSR count). The average molecular weight is 195 g/mol. The third kappa shape index (κ3) is 2.76. The second-order valence-electron chi connectivity index (χ2n) is 3.90. The Bertz CT molecular complexity index is 267. The molecule has 1 heterocycles. The van der Waals surface area contributed by atoms with E-state index in [0.29, 0.717) is 12.0 Å². The fraction of sp³-hybridized carbons (Fsp3) is 0.727. The smallest absolute Gasteiger partial charge is 0.0728 e. The Labute approximate surface area is 86.5 Å². The monoisotopic (exact) mass is 195 g/mol. The zero-order chi connectivity index (χ0) is 10.6. The Morgan fingerprint density at radius 2 is 2.14 bits per heavy atom. The van der Waals surface area contributed by atoms with Crippen molar-refractivity contribution in [2.75, 3.05) is 5.32 Å². The summed E-state index contributed by atoms with van der Waals surface area (Å²) in [5.74, 6) is 0.694. The third-order valence-corrected chi connectivity index (χ3v) is 2.85. The van der Waals surface area contributed by atoms with Gasteiger partial charge in [0.15, 0.2) is 0 Å². The van der Waals surface area contributed by atoms with Gasteiger partial charge in [0, 0.05) is 18.8 Å². The summed E-state index contributed by atoms with van der Waals surface area (Å²) in [6, 6.07) is 0.509. The molecule has 0 aliphatic heterocycles. The Morgan fingerprint density at radius 1 is 1.43 bits per heavy atom. The molecular weight excluding hydrogens is 174 g/mol. The standard InChI is InChI=1S/C11H21N3/c1-5-9(3)10(4)13-11-7-12-14(6-2)8-11/h7-10,13H,5-6H2,1-4H3/t9-,10-/m1/s1. The Hall–Kier alpha value is -0.990. The van der Waals surface area contributed by atoms with E-state index in [1.54, 1.807) is 0 Å². The SMILES string of the molecule is CC[C@@H](C)[C@@H](C)Nc1cnn(CC)c1. The van der Waals surface area contributed by atoms with E-state index in [4.69, 9.17) is 0 Å². The van der Waals surface area contributed by atoms with Gasteiger partial charge in [-0.2, -0.15) is 5.10 Å². The first kappa shape index (κ1) is 11.1. The van der Waals surface area contributed by atoms with Crippen LogP contribution in [0, 0.1) is 5.92 Å². The van der Waals surface area contributed by atoms with Crippen LogP contribution in [-0.2, 0) is 6.54 Å². The van der Waals surface area contributed by atoms with Gasteiger partial charge in [0.1, 0.15) is 0 Å². The van der Waals surface area contributed by atoms with Crippen LogP contribution in [0.25, 0.3) is 0 Å². The van der Waals surface area contributed by atoms with Gasteiger partial charge in [-0.05, 0) is 19.8 Å². The van der Waals surface area contributed by atoms with E-state index >= 15 is 0 Å². The normalized spacial score (nSPS) is 15.1. The molecule has 0 aliphatic carbocycles. The molecule has 0 aromatic carbocycles. The van der Waals surface area contributed by atoms with Crippen molar-refractivity contribution < 1.29 is 0 Å². The van der Waals surface area contributed by atoms with Gasteiger partial charge in [0.05, 0.1) is 11.9 Å². The van der Waals surface area contributed by atoms with Crippen molar-refractivity contribution in [1.29, 1.82) is 0 Å². The van der Waals surface area contributed by atoms with Crippen LogP contribution in [0.4, 0.5) is 5.69 Å². The number of anilines is 1. The van der Waals surface area contributed by atoms with Crippen molar-refractivity contribution in [3.05, 3.63) is 12.4 Å². The summed E-state index contributed by atoms with van der Waals surface area (Å²) < 4.78 is 1.94. The minimum absolute atomic E-state index is 0.509. The van der Waals surface area contributed by atoms with E-state index in [2.05, 4.69) is 44.3 Å². The molecule has 80 valence electrons. The zero-order valence-corrected chi connectivity index (χ0v) is 9.62. The number of hydrogen-bond acceptors (Lipinski definition) is 2. The first-order valence-corrected chi connectivity index (χ1v) is 5.46. The van der Waals surface area contributed by atoms with Crippen LogP contribution in [0.1, 0.15) is 34.1 Å². The Balaban J connectivity index is 2.51. The first-order valence-electron chi connectivity index (χ1n) is 5.46. The van der Waals surface area contributed by atoms with Gasteiger partial charge >= 0.3 is 0 Å². The molecule has 2 atom stereocenters. The molecule has 3 nitrogen and oxygen atoms in total. The van der Waals surface area contributed by atoms with Gasteiger partial charge < -0.3 is 5.32 Å². The van der Waals surface area contributed by atoms with Gasteiger partial charge in [0.25, 0.3) is 0 Å². The lowest BCUT2D eigenvalue weighted by atomic mass is 10.0.